The summed E-state index contributed by atoms with van der Waals surface area (Å²) in [5, 5.41) is 2.89. The molecule has 0 bridgehead atoms. The first-order valence-electron chi connectivity index (χ1n) is 9.25. The van der Waals surface area contributed by atoms with Crippen molar-refractivity contribution >= 4 is 17.7 Å². The molecule has 3 rings (SSSR count). The van der Waals surface area contributed by atoms with Crippen molar-refractivity contribution in [3.05, 3.63) is 54.1 Å². The average molecular weight is 368 g/mol. The normalized spacial score (nSPS) is 15.6. The number of amides is 3. The van der Waals surface area contributed by atoms with Crippen LogP contribution in [0.5, 0.6) is 0 Å². The van der Waals surface area contributed by atoms with Gasteiger partial charge in [0.1, 0.15) is 6.04 Å². The van der Waals surface area contributed by atoms with Gasteiger partial charge in [-0.15, -0.1) is 0 Å². The number of imidazole rings is 1. The van der Waals surface area contributed by atoms with Gasteiger partial charge in [-0.3, -0.25) is 19.3 Å². The van der Waals surface area contributed by atoms with Crippen molar-refractivity contribution in [1.82, 2.24) is 19.8 Å². The van der Waals surface area contributed by atoms with Crippen LogP contribution < -0.4 is 5.32 Å². The molecule has 1 aliphatic rings. The molecule has 3 amide bonds. The van der Waals surface area contributed by atoms with E-state index in [4.69, 9.17) is 0 Å². The molecule has 1 N–H and O–H groups in total. The molecule has 2 heterocycles. The van der Waals surface area contributed by atoms with Crippen LogP contribution in [0, 0.1) is 5.92 Å². The van der Waals surface area contributed by atoms with Gasteiger partial charge < -0.3 is 9.88 Å². The Balaban J connectivity index is 1.69. The zero-order valence-electron chi connectivity index (χ0n) is 15.6. The Morgan fingerprint density at radius 2 is 1.85 bits per heavy atom. The maximum atomic E-state index is 12.9. The van der Waals surface area contributed by atoms with Crippen LogP contribution in [0.4, 0.5) is 0 Å². The first-order valence-corrected chi connectivity index (χ1v) is 9.25. The standard InChI is InChI=1S/C20H24N4O3/c1-3-14(2)17(18(25)22-9-6-11-23-12-10-21-13-23)24-19(26)15-7-4-5-8-16(15)20(24)27/h4-5,7-8,10,12-14,17H,3,6,9,11H2,1-2H3,(H,22,25). The van der Waals surface area contributed by atoms with Crippen molar-refractivity contribution in [1.29, 1.82) is 0 Å². The van der Waals surface area contributed by atoms with Crippen molar-refractivity contribution in [2.75, 3.05) is 6.54 Å². The lowest BCUT2D eigenvalue weighted by Gasteiger charge is -2.29. The van der Waals surface area contributed by atoms with Gasteiger partial charge in [-0.2, -0.15) is 0 Å². The molecule has 2 unspecified atom stereocenters. The van der Waals surface area contributed by atoms with Gasteiger partial charge >= 0.3 is 0 Å². The van der Waals surface area contributed by atoms with E-state index in [1.54, 1.807) is 36.8 Å². The molecule has 0 radical (unpaired) electrons. The minimum Gasteiger partial charge on any atom is -0.354 e. The first kappa shape index (κ1) is 18.8. The highest BCUT2D eigenvalue weighted by Crippen LogP contribution is 2.28. The number of aromatic nitrogens is 2. The van der Waals surface area contributed by atoms with E-state index in [0.717, 1.165) is 17.9 Å². The summed E-state index contributed by atoms with van der Waals surface area (Å²) in [5.41, 5.74) is 0.729. The number of imide groups is 1. The number of hydrogen-bond donors (Lipinski definition) is 1. The molecular weight excluding hydrogens is 344 g/mol. The lowest BCUT2D eigenvalue weighted by atomic mass is 9.96. The highest BCUT2D eigenvalue weighted by molar-refractivity contribution is 6.22. The average Bonchev–Trinajstić information content (AvgIpc) is 3.28. The predicted octanol–water partition coefficient (Wildman–Crippen LogP) is 2.10. The molecule has 7 heteroatoms. The number of nitrogens with one attached hydrogen (secondary N) is 1. The number of nitrogens with zero attached hydrogens (tertiary/aromatic N) is 3. The quantitative estimate of drug-likeness (QED) is 0.571. The van der Waals surface area contributed by atoms with E-state index >= 15 is 0 Å². The summed E-state index contributed by atoms with van der Waals surface area (Å²) < 4.78 is 1.93. The lowest BCUT2D eigenvalue weighted by Crippen LogP contribution is -2.52. The Hall–Kier alpha value is -2.96. The fraction of sp³-hybridized carbons (Fsp3) is 0.400. The second kappa shape index (κ2) is 8.16. The number of carbonyl (C=O) groups excluding carboxylic acids is 3. The fourth-order valence-electron chi connectivity index (χ4n) is 3.31. The second-order valence-electron chi connectivity index (χ2n) is 6.80. The van der Waals surface area contributed by atoms with Gasteiger partial charge in [0.2, 0.25) is 5.91 Å². The van der Waals surface area contributed by atoms with E-state index in [0.29, 0.717) is 24.1 Å². The minimum absolute atomic E-state index is 0.138. The Bertz CT molecular complexity index is 797. The number of aryl methyl sites for hydroxylation is 1. The second-order valence-corrected chi connectivity index (χ2v) is 6.80. The van der Waals surface area contributed by atoms with Gasteiger partial charge in [-0.25, -0.2) is 4.98 Å². The highest BCUT2D eigenvalue weighted by Gasteiger charge is 2.44. The van der Waals surface area contributed by atoms with Gasteiger partial charge in [0.05, 0.1) is 17.5 Å². The van der Waals surface area contributed by atoms with Gasteiger partial charge in [-0.05, 0) is 24.5 Å². The highest BCUT2D eigenvalue weighted by atomic mass is 16.2. The van der Waals surface area contributed by atoms with Crippen molar-refractivity contribution in [3.63, 3.8) is 0 Å². The molecule has 0 spiro atoms. The van der Waals surface area contributed by atoms with E-state index in [1.165, 1.54) is 0 Å². The molecule has 0 aliphatic carbocycles. The summed E-state index contributed by atoms with van der Waals surface area (Å²) in [7, 11) is 0. The Morgan fingerprint density at radius 3 is 2.41 bits per heavy atom. The largest absolute Gasteiger partial charge is 0.354 e. The van der Waals surface area contributed by atoms with E-state index < -0.39 is 17.9 Å². The number of rotatable bonds is 8. The number of hydrogen-bond acceptors (Lipinski definition) is 4. The molecule has 0 fully saturated rings. The van der Waals surface area contributed by atoms with Crippen molar-refractivity contribution in [2.24, 2.45) is 5.92 Å². The topological polar surface area (TPSA) is 84.3 Å². The van der Waals surface area contributed by atoms with Crippen LogP contribution in [-0.2, 0) is 11.3 Å². The Labute approximate surface area is 158 Å². The van der Waals surface area contributed by atoms with Crippen LogP contribution in [0.1, 0.15) is 47.4 Å². The van der Waals surface area contributed by atoms with E-state index in [-0.39, 0.29) is 11.8 Å². The molecule has 27 heavy (non-hydrogen) atoms. The maximum Gasteiger partial charge on any atom is 0.262 e. The smallest absolute Gasteiger partial charge is 0.262 e. The minimum atomic E-state index is -0.810. The molecule has 0 saturated heterocycles. The number of benzene rings is 1. The van der Waals surface area contributed by atoms with Crippen molar-refractivity contribution in [3.8, 4) is 0 Å². The van der Waals surface area contributed by atoms with E-state index in [9.17, 15) is 14.4 Å². The third kappa shape index (κ3) is 3.77. The summed E-state index contributed by atoms with van der Waals surface area (Å²) in [6.45, 7) is 5.04. The predicted molar refractivity (Wildman–Crippen MR) is 100 cm³/mol. The molecule has 142 valence electrons. The van der Waals surface area contributed by atoms with Crippen LogP contribution in [-0.4, -0.2) is 44.8 Å². The molecule has 0 saturated carbocycles. The van der Waals surface area contributed by atoms with Crippen molar-refractivity contribution in [2.45, 2.75) is 39.3 Å². The lowest BCUT2D eigenvalue weighted by molar-refractivity contribution is -0.126. The zero-order valence-corrected chi connectivity index (χ0v) is 15.6. The number of fused-ring (bicyclic) bond motifs is 1. The van der Waals surface area contributed by atoms with Crippen LogP contribution in [0.15, 0.2) is 43.0 Å². The van der Waals surface area contributed by atoms with Crippen LogP contribution in [0.3, 0.4) is 0 Å². The number of carbonyl (C=O) groups is 3. The summed E-state index contributed by atoms with van der Waals surface area (Å²) in [5.74, 6) is -1.21. The molecular formula is C20H24N4O3. The Kier molecular flexibility index (Phi) is 5.69. The fourth-order valence-corrected chi connectivity index (χ4v) is 3.31. The van der Waals surface area contributed by atoms with Crippen LogP contribution in [0.25, 0.3) is 0 Å². The molecule has 7 nitrogen and oxygen atoms in total. The van der Waals surface area contributed by atoms with Gasteiger partial charge in [-0.1, -0.05) is 32.4 Å². The van der Waals surface area contributed by atoms with Gasteiger partial charge in [0.15, 0.2) is 0 Å². The third-order valence-corrected chi connectivity index (χ3v) is 5.01. The monoisotopic (exact) mass is 368 g/mol. The summed E-state index contributed by atoms with van der Waals surface area (Å²) in [6, 6.07) is 5.90. The summed E-state index contributed by atoms with van der Waals surface area (Å²) >= 11 is 0. The molecule has 2 aromatic rings. The molecule has 1 aromatic heterocycles. The summed E-state index contributed by atoms with van der Waals surface area (Å²) in [6.07, 6.45) is 6.71. The SMILES string of the molecule is CCC(C)C(C(=O)NCCCn1ccnc1)N1C(=O)c2ccccc2C1=O. The summed E-state index contributed by atoms with van der Waals surface area (Å²) in [4.78, 5) is 43.5. The van der Waals surface area contributed by atoms with Crippen molar-refractivity contribution < 1.29 is 14.4 Å². The zero-order chi connectivity index (χ0) is 19.4. The molecule has 1 aliphatic heterocycles. The maximum absolute atomic E-state index is 12.9. The van der Waals surface area contributed by atoms with Gasteiger partial charge in [0, 0.05) is 25.5 Å². The van der Waals surface area contributed by atoms with Crippen LogP contribution >= 0.6 is 0 Å². The molecule has 1 aromatic carbocycles. The van der Waals surface area contributed by atoms with E-state index in [1.807, 2.05) is 24.6 Å². The third-order valence-electron chi connectivity index (χ3n) is 5.01. The molecule has 2 atom stereocenters. The van der Waals surface area contributed by atoms with E-state index in [2.05, 4.69) is 10.3 Å². The Morgan fingerprint density at radius 1 is 1.19 bits per heavy atom. The van der Waals surface area contributed by atoms with Crippen LogP contribution in [0.2, 0.25) is 0 Å². The van der Waals surface area contributed by atoms with Gasteiger partial charge in [0.25, 0.3) is 11.8 Å². The first-order chi connectivity index (χ1) is 13.0.